The molecule has 4 heteroatoms. The van der Waals surface area contributed by atoms with E-state index in [1.54, 1.807) is 0 Å². The largest absolute Gasteiger partial charge is 0.490 e. The lowest BCUT2D eigenvalue weighted by Crippen LogP contribution is -2.14. The maximum absolute atomic E-state index is 6.42. The Balaban J connectivity index is 1.46. The van der Waals surface area contributed by atoms with Gasteiger partial charge in [-0.05, 0) is 55.0 Å². The molecule has 1 heterocycles. The topological polar surface area (TPSA) is 31.4 Å². The molecule has 5 rings (SSSR count). The van der Waals surface area contributed by atoms with Crippen LogP contribution in [0.1, 0.15) is 36.8 Å². The van der Waals surface area contributed by atoms with Crippen molar-refractivity contribution in [3.63, 3.8) is 0 Å². The number of halogens is 1. The van der Waals surface area contributed by atoms with Crippen molar-refractivity contribution < 1.29 is 9.47 Å². The number of aromatic nitrogens is 1. The zero-order valence-electron chi connectivity index (χ0n) is 15.6. The monoisotopic (exact) mass is 391 g/mol. The molecule has 0 atom stereocenters. The number of ether oxygens (including phenoxy) is 2. The SMILES string of the molecule is Clc1ccccc1COC1(c2cnccc2-c2ccccc2OC2CC2)CC1. The van der Waals surface area contributed by atoms with Crippen LogP contribution in [0.25, 0.3) is 11.1 Å². The molecule has 0 N–H and O–H groups in total. The van der Waals surface area contributed by atoms with Crippen molar-refractivity contribution in [2.75, 3.05) is 0 Å². The van der Waals surface area contributed by atoms with Gasteiger partial charge in [0.1, 0.15) is 5.75 Å². The molecule has 2 aliphatic rings. The molecule has 142 valence electrons. The molecular weight excluding hydrogens is 370 g/mol. The third-order valence-electron chi connectivity index (χ3n) is 5.47. The van der Waals surface area contributed by atoms with Gasteiger partial charge in [-0.2, -0.15) is 0 Å². The van der Waals surface area contributed by atoms with Gasteiger partial charge in [-0.25, -0.2) is 0 Å². The molecule has 28 heavy (non-hydrogen) atoms. The van der Waals surface area contributed by atoms with Crippen LogP contribution in [0, 0.1) is 0 Å². The number of hydrogen-bond donors (Lipinski definition) is 0. The Kier molecular flexibility index (Phi) is 4.58. The van der Waals surface area contributed by atoms with E-state index in [0.717, 1.165) is 58.7 Å². The van der Waals surface area contributed by atoms with Gasteiger partial charge in [-0.15, -0.1) is 0 Å². The predicted molar refractivity (Wildman–Crippen MR) is 110 cm³/mol. The zero-order chi connectivity index (χ0) is 19.0. The number of rotatable bonds is 7. The maximum atomic E-state index is 6.42. The molecule has 2 saturated carbocycles. The highest BCUT2D eigenvalue weighted by Crippen LogP contribution is 2.53. The van der Waals surface area contributed by atoms with Crippen molar-refractivity contribution in [2.24, 2.45) is 0 Å². The molecular formula is C24H22ClNO2. The standard InChI is InChI=1S/C24H22ClNO2/c25-22-7-3-1-5-17(22)16-27-24(12-13-24)21-15-26-14-11-19(21)20-6-2-4-8-23(20)28-18-9-10-18/h1-8,11,14-15,18H,9-10,12-13,16H2. The van der Waals surface area contributed by atoms with Gasteiger partial charge in [0.2, 0.25) is 0 Å². The van der Waals surface area contributed by atoms with Crippen molar-refractivity contribution in [2.45, 2.75) is 44.0 Å². The van der Waals surface area contributed by atoms with E-state index >= 15 is 0 Å². The normalized spacial score (nSPS) is 17.3. The first-order chi connectivity index (χ1) is 13.8. The first kappa shape index (κ1) is 17.7. The third-order valence-corrected chi connectivity index (χ3v) is 5.84. The third kappa shape index (κ3) is 3.52. The maximum Gasteiger partial charge on any atom is 0.127 e. The van der Waals surface area contributed by atoms with Crippen LogP contribution >= 0.6 is 11.6 Å². The van der Waals surface area contributed by atoms with Gasteiger partial charge in [-0.1, -0.05) is 48.0 Å². The van der Waals surface area contributed by atoms with Gasteiger partial charge in [-0.3, -0.25) is 4.98 Å². The van der Waals surface area contributed by atoms with E-state index in [4.69, 9.17) is 21.1 Å². The van der Waals surface area contributed by atoms with Crippen molar-refractivity contribution in [3.05, 3.63) is 83.1 Å². The minimum atomic E-state index is -0.296. The van der Waals surface area contributed by atoms with Crippen LogP contribution in [0.15, 0.2) is 67.0 Å². The van der Waals surface area contributed by atoms with Gasteiger partial charge < -0.3 is 9.47 Å². The molecule has 0 radical (unpaired) electrons. The van der Waals surface area contributed by atoms with Crippen molar-refractivity contribution in [1.29, 1.82) is 0 Å². The van der Waals surface area contributed by atoms with Crippen LogP contribution < -0.4 is 4.74 Å². The summed E-state index contributed by atoms with van der Waals surface area (Å²) in [6.07, 6.45) is 8.41. The van der Waals surface area contributed by atoms with E-state index in [-0.39, 0.29) is 5.60 Å². The Morgan fingerprint density at radius 3 is 2.54 bits per heavy atom. The van der Waals surface area contributed by atoms with Gasteiger partial charge >= 0.3 is 0 Å². The predicted octanol–water partition coefficient (Wildman–Crippen LogP) is 6.15. The van der Waals surface area contributed by atoms with E-state index in [1.807, 2.05) is 42.7 Å². The molecule has 0 bridgehead atoms. The number of nitrogens with zero attached hydrogens (tertiary/aromatic N) is 1. The highest BCUT2D eigenvalue weighted by Gasteiger charge is 2.47. The molecule has 0 unspecified atom stereocenters. The van der Waals surface area contributed by atoms with E-state index in [1.165, 1.54) is 0 Å². The van der Waals surface area contributed by atoms with Crippen LogP contribution in [-0.4, -0.2) is 11.1 Å². The summed E-state index contributed by atoms with van der Waals surface area (Å²) in [6.45, 7) is 0.494. The molecule has 0 aliphatic heterocycles. The summed E-state index contributed by atoms with van der Waals surface area (Å²) in [7, 11) is 0. The summed E-state index contributed by atoms with van der Waals surface area (Å²) in [5, 5.41) is 0.743. The van der Waals surface area contributed by atoms with Crippen LogP contribution in [0.2, 0.25) is 5.02 Å². The van der Waals surface area contributed by atoms with Crippen LogP contribution in [-0.2, 0) is 16.9 Å². The molecule has 2 aliphatic carbocycles. The lowest BCUT2D eigenvalue weighted by molar-refractivity contribution is 0.0174. The Bertz CT molecular complexity index is 995. The van der Waals surface area contributed by atoms with Crippen LogP contribution in [0.4, 0.5) is 0 Å². The second kappa shape index (κ2) is 7.23. The highest BCUT2D eigenvalue weighted by molar-refractivity contribution is 6.31. The van der Waals surface area contributed by atoms with Crippen molar-refractivity contribution in [3.8, 4) is 16.9 Å². The fourth-order valence-electron chi connectivity index (χ4n) is 3.59. The fourth-order valence-corrected chi connectivity index (χ4v) is 3.78. The number of pyridine rings is 1. The lowest BCUT2D eigenvalue weighted by Gasteiger charge is -2.22. The smallest absolute Gasteiger partial charge is 0.127 e. The fraction of sp³-hybridized carbons (Fsp3) is 0.292. The first-order valence-corrected chi connectivity index (χ1v) is 10.2. The van der Waals surface area contributed by atoms with E-state index in [0.29, 0.717) is 12.7 Å². The van der Waals surface area contributed by atoms with Gasteiger partial charge in [0, 0.05) is 28.5 Å². The second-order valence-corrected chi connectivity index (χ2v) is 8.02. The molecule has 0 spiro atoms. The average Bonchev–Trinajstić information content (AvgIpc) is 3.65. The minimum Gasteiger partial charge on any atom is -0.490 e. The van der Waals surface area contributed by atoms with Gasteiger partial charge in [0.15, 0.2) is 0 Å². The van der Waals surface area contributed by atoms with Gasteiger partial charge in [0.05, 0.1) is 18.3 Å². The van der Waals surface area contributed by atoms with Crippen LogP contribution in [0.5, 0.6) is 5.75 Å². The average molecular weight is 392 g/mol. The molecule has 3 nitrogen and oxygen atoms in total. The lowest BCUT2D eigenvalue weighted by atomic mass is 9.96. The number of benzene rings is 2. The summed E-state index contributed by atoms with van der Waals surface area (Å²) in [5.74, 6) is 0.944. The zero-order valence-corrected chi connectivity index (χ0v) is 16.4. The summed E-state index contributed by atoms with van der Waals surface area (Å²) in [5.41, 5.74) is 4.10. The summed E-state index contributed by atoms with van der Waals surface area (Å²) < 4.78 is 12.6. The Morgan fingerprint density at radius 2 is 1.75 bits per heavy atom. The quantitative estimate of drug-likeness (QED) is 0.484. The Labute approximate surface area is 170 Å². The van der Waals surface area contributed by atoms with E-state index in [9.17, 15) is 0 Å². The molecule has 3 aromatic rings. The number of hydrogen-bond acceptors (Lipinski definition) is 3. The van der Waals surface area contributed by atoms with Crippen molar-refractivity contribution >= 4 is 11.6 Å². The molecule has 1 aromatic heterocycles. The number of para-hydroxylation sites is 1. The highest BCUT2D eigenvalue weighted by atomic mass is 35.5. The Morgan fingerprint density at radius 1 is 0.964 bits per heavy atom. The molecule has 0 saturated heterocycles. The van der Waals surface area contributed by atoms with E-state index in [2.05, 4.69) is 29.2 Å². The summed E-state index contributed by atoms with van der Waals surface area (Å²) in [6, 6.07) is 18.2. The molecule has 2 fully saturated rings. The second-order valence-electron chi connectivity index (χ2n) is 7.61. The van der Waals surface area contributed by atoms with E-state index < -0.39 is 0 Å². The molecule has 0 amide bonds. The van der Waals surface area contributed by atoms with Gasteiger partial charge in [0.25, 0.3) is 0 Å². The summed E-state index contributed by atoms with van der Waals surface area (Å²) >= 11 is 6.31. The van der Waals surface area contributed by atoms with Crippen LogP contribution in [0.3, 0.4) is 0 Å². The summed E-state index contributed by atoms with van der Waals surface area (Å²) in [4.78, 5) is 4.41. The van der Waals surface area contributed by atoms with Crippen molar-refractivity contribution in [1.82, 2.24) is 4.98 Å². The Hall–Kier alpha value is -2.36. The first-order valence-electron chi connectivity index (χ1n) is 9.83. The minimum absolute atomic E-state index is 0.296. The molecule has 2 aromatic carbocycles.